The minimum Gasteiger partial charge on any atom is -0.271 e. The van der Waals surface area contributed by atoms with Crippen LogP contribution in [0, 0.1) is 0 Å². The van der Waals surface area contributed by atoms with Crippen molar-refractivity contribution >= 4 is 46.4 Å². The molecule has 0 aromatic heterocycles. The molecule has 3 N–H and O–H groups in total. The molecular weight excluding hydrogens is 338 g/mol. The predicted molar refractivity (Wildman–Crippen MR) is 86.7 cm³/mol. The highest BCUT2D eigenvalue weighted by atomic mass is 35.5. The van der Waals surface area contributed by atoms with Crippen LogP contribution in [0.4, 0.5) is 0 Å². The fraction of sp³-hybridized carbons (Fsp3) is 0.143. The second kappa shape index (κ2) is 6.99. The zero-order valence-corrected chi connectivity index (χ0v) is 13.4. The van der Waals surface area contributed by atoms with Gasteiger partial charge in [0.15, 0.2) is 0 Å². The average molecular weight is 350 g/mol. The maximum Gasteiger partial charge on any atom is 0.0515 e. The minimum atomic E-state index is -0.168. The molecule has 6 heteroatoms. The van der Waals surface area contributed by atoms with Gasteiger partial charge in [0, 0.05) is 20.1 Å². The molecule has 2 aromatic carbocycles. The number of hydrazine groups is 1. The van der Waals surface area contributed by atoms with Crippen molar-refractivity contribution in [3.63, 3.8) is 0 Å². The summed E-state index contributed by atoms with van der Waals surface area (Å²) < 4.78 is 0. The molecule has 1 atom stereocenters. The molecule has 0 amide bonds. The highest BCUT2D eigenvalue weighted by Crippen LogP contribution is 2.30. The van der Waals surface area contributed by atoms with Crippen molar-refractivity contribution in [1.29, 1.82) is 0 Å². The summed E-state index contributed by atoms with van der Waals surface area (Å²) in [6.45, 7) is 0. The summed E-state index contributed by atoms with van der Waals surface area (Å²) in [5.41, 5.74) is 4.55. The quantitative estimate of drug-likeness (QED) is 0.598. The van der Waals surface area contributed by atoms with Gasteiger partial charge >= 0.3 is 0 Å². The average Bonchev–Trinajstić information content (AvgIpc) is 2.39. The van der Waals surface area contributed by atoms with Crippen molar-refractivity contribution in [2.24, 2.45) is 5.84 Å². The van der Waals surface area contributed by atoms with Gasteiger partial charge in [0.05, 0.1) is 6.04 Å². The van der Waals surface area contributed by atoms with Crippen LogP contribution >= 0.6 is 46.4 Å². The van der Waals surface area contributed by atoms with Gasteiger partial charge in [0.2, 0.25) is 0 Å². The van der Waals surface area contributed by atoms with Crippen LogP contribution in [-0.2, 0) is 6.42 Å². The summed E-state index contributed by atoms with van der Waals surface area (Å²) in [7, 11) is 0. The van der Waals surface area contributed by atoms with Gasteiger partial charge in [0.25, 0.3) is 0 Å². The van der Waals surface area contributed by atoms with Gasteiger partial charge in [-0.2, -0.15) is 0 Å². The molecule has 0 fully saturated rings. The Morgan fingerprint density at radius 1 is 0.900 bits per heavy atom. The number of nitrogens with one attached hydrogen (secondary N) is 1. The van der Waals surface area contributed by atoms with Gasteiger partial charge in [-0.15, -0.1) is 0 Å². The van der Waals surface area contributed by atoms with E-state index in [9.17, 15) is 0 Å². The number of halogens is 4. The van der Waals surface area contributed by atoms with Gasteiger partial charge in [-0.1, -0.05) is 58.5 Å². The molecule has 106 valence electrons. The molecule has 2 aromatic rings. The third kappa shape index (κ3) is 3.79. The van der Waals surface area contributed by atoms with E-state index in [1.807, 2.05) is 12.1 Å². The number of hydrogen-bond acceptors (Lipinski definition) is 2. The van der Waals surface area contributed by atoms with Crippen molar-refractivity contribution in [2.45, 2.75) is 12.5 Å². The van der Waals surface area contributed by atoms with Gasteiger partial charge < -0.3 is 0 Å². The lowest BCUT2D eigenvalue weighted by Crippen LogP contribution is -2.29. The maximum atomic E-state index is 6.20. The van der Waals surface area contributed by atoms with Crippen LogP contribution in [0.3, 0.4) is 0 Å². The zero-order valence-electron chi connectivity index (χ0n) is 10.3. The summed E-state index contributed by atoms with van der Waals surface area (Å²) in [4.78, 5) is 0. The second-order valence-corrected chi connectivity index (χ2v) is 6.01. The second-order valence-electron chi connectivity index (χ2n) is 4.32. The molecule has 0 bridgehead atoms. The lowest BCUT2D eigenvalue weighted by molar-refractivity contribution is 0.552. The van der Waals surface area contributed by atoms with Crippen LogP contribution in [0.2, 0.25) is 20.1 Å². The van der Waals surface area contributed by atoms with E-state index in [-0.39, 0.29) is 6.04 Å². The van der Waals surface area contributed by atoms with E-state index < -0.39 is 0 Å². The Bertz CT molecular complexity index is 616. The van der Waals surface area contributed by atoms with E-state index >= 15 is 0 Å². The Labute approximate surface area is 137 Å². The Kier molecular flexibility index (Phi) is 5.56. The number of hydrogen-bond donors (Lipinski definition) is 2. The van der Waals surface area contributed by atoms with Crippen LogP contribution < -0.4 is 11.3 Å². The Morgan fingerprint density at radius 2 is 1.50 bits per heavy atom. The number of rotatable bonds is 4. The molecule has 0 radical (unpaired) electrons. The first-order valence-corrected chi connectivity index (χ1v) is 7.37. The molecule has 0 spiro atoms. The normalized spacial score (nSPS) is 12.4. The van der Waals surface area contributed by atoms with Gasteiger partial charge in [-0.25, -0.2) is 0 Å². The smallest absolute Gasteiger partial charge is 0.0515 e. The lowest BCUT2D eigenvalue weighted by atomic mass is 9.99. The molecule has 2 rings (SSSR count). The van der Waals surface area contributed by atoms with E-state index in [1.54, 1.807) is 24.3 Å². The standard InChI is InChI=1S/C14H12Cl4N2/c15-9-2-1-8(12(17)6-9)5-14(20-19)11-4-3-10(16)7-13(11)18/h1-4,6-7,14,20H,5,19H2. The summed E-state index contributed by atoms with van der Waals surface area (Å²) >= 11 is 24.2. The van der Waals surface area contributed by atoms with Crippen LogP contribution in [-0.4, -0.2) is 0 Å². The van der Waals surface area contributed by atoms with Crippen molar-refractivity contribution in [1.82, 2.24) is 5.43 Å². The first kappa shape index (κ1) is 15.9. The molecule has 0 aliphatic heterocycles. The van der Waals surface area contributed by atoms with Crippen molar-refractivity contribution in [2.75, 3.05) is 0 Å². The summed E-state index contributed by atoms with van der Waals surface area (Å²) in [5.74, 6) is 5.63. The van der Waals surface area contributed by atoms with E-state index in [4.69, 9.17) is 52.2 Å². The molecule has 0 aliphatic rings. The molecule has 20 heavy (non-hydrogen) atoms. The van der Waals surface area contributed by atoms with Crippen molar-refractivity contribution in [3.8, 4) is 0 Å². The number of nitrogens with two attached hydrogens (primary N) is 1. The van der Waals surface area contributed by atoms with Gasteiger partial charge in [0.1, 0.15) is 0 Å². The molecular formula is C14H12Cl4N2. The first-order chi connectivity index (χ1) is 9.51. The Morgan fingerprint density at radius 3 is 2.05 bits per heavy atom. The summed E-state index contributed by atoms with van der Waals surface area (Å²) in [6, 6.07) is 10.5. The highest BCUT2D eigenvalue weighted by molar-refractivity contribution is 6.35. The van der Waals surface area contributed by atoms with Crippen LogP contribution in [0.1, 0.15) is 17.2 Å². The molecule has 0 saturated carbocycles. The molecule has 0 heterocycles. The Balaban J connectivity index is 2.28. The topological polar surface area (TPSA) is 38.0 Å². The van der Waals surface area contributed by atoms with Crippen LogP contribution in [0.5, 0.6) is 0 Å². The zero-order chi connectivity index (χ0) is 14.7. The van der Waals surface area contributed by atoms with E-state index in [0.29, 0.717) is 26.5 Å². The summed E-state index contributed by atoms with van der Waals surface area (Å²) in [5, 5.41) is 2.34. The molecule has 0 saturated heterocycles. The fourth-order valence-electron chi connectivity index (χ4n) is 1.95. The van der Waals surface area contributed by atoms with Crippen molar-refractivity contribution < 1.29 is 0 Å². The van der Waals surface area contributed by atoms with E-state index in [2.05, 4.69) is 5.43 Å². The third-order valence-electron chi connectivity index (χ3n) is 2.98. The Hall–Kier alpha value is -0.480. The van der Waals surface area contributed by atoms with Gasteiger partial charge in [-0.05, 0) is 41.8 Å². The van der Waals surface area contributed by atoms with Crippen LogP contribution in [0.25, 0.3) is 0 Å². The number of benzene rings is 2. The minimum absolute atomic E-state index is 0.168. The van der Waals surface area contributed by atoms with E-state index in [1.165, 1.54) is 0 Å². The van der Waals surface area contributed by atoms with Crippen molar-refractivity contribution in [3.05, 3.63) is 67.6 Å². The molecule has 0 aliphatic carbocycles. The lowest BCUT2D eigenvalue weighted by Gasteiger charge is -2.18. The highest BCUT2D eigenvalue weighted by Gasteiger charge is 2.16. The van der Waals surface area contributed by atoms with E-state index in [0.717, 1.165) is 11.1 Å². The van der Waals surface area contributed by atoms with Crippen LogP contribution in [0.15, 0.2) is 36.4 Å². The SMILES string of the molecule is NNC(Cc1ccc(Cl)cc1Cl)c1ccc(Cl)cc1Cl. The monoisotopic (exact) mass is 348 g/mol. The fourth-order valence-corrected chi connectivity index (χ4v) is 2.98. The summed E-state index contributed by atoms with van der Waals surface area (Å²) in [6.07, 6.45) is 0.591. The molecule has 2 nitrogen and oxygen atoms in total. The molecule has 1 unspecified atom stereocenters. The maximum absolute atomic E-state index is 6.20. The third-order valence-corrected chi connectivity index (χ3v) is 4.13. The first-order valence-electron chi connectivity index (χ1n) is 5.86. The largest absolute Gasteiger partial charge is 0.271 e. The van der Waals surface area contributed by atoms with Gasteiger partial charge in [-0.3, -0.25) is 11.3 Å². The predicted octanol–water partition coefficient (Wildman–Crippen LogP) is 5.05.